The zero-order valence-electron chi connectivity index (χ0n) is 15.2. The van der Waals surface area contributed by atoms with Crippen LogP contribution in [0.5, 0.6) is 0 Å². The minimum Gasteiger partial charge on any atom is -0.383 e. The van der Waals surface area contributed by atoms with Gasteiger partial charge < -0.3 is 16.0 Å². The molecule has 0 spiro atoms. The summed E-state index contributed by atoms with van der Waals surface area (Å²) >= 11 is 0. The van der Waals surface area contributed by atoms with Gasteiger partial charge in [-0.15, -0.1) is 0 Å². The Kier molecular flexibility index (Phi) is 6.87. The molecule has 0 aliphatic heterocycles. The maximum Gasteiger partial charge on any atom is 0.269 e. The maximum absolute atomic E-state index is 12.2. The van der Waals surface area contributed by atoms with Crippen LogP contribution in [0.3, 0.4) is 0 Å². The molecule has 2 rings (SSSR count). The van der Waals surface area contributed by atoms with Gasteiger partial charge in [-0.05, 0) is 38.1 Å². The number of amides is 2. The lowest BCUT2D eigenvalue weighted by Crippen LogP contribution is -2.45. The van der Waals surface area contributed by atoms with Gasteiger partial charge in [0.1, 0.15) is 6.04 Å². The number of hydrogen-bond donors (Lipinski definition) is 3. The molecule has 0 saturated carbocycles. The number of hydrogen-bond acceptors (Lipinski definition) is 5. The Morgan fingerprint density at radius 1 is 1.11 bits per heavy atom. The maximum atomic E-state index is 12.2. The number of benzene rings is 2. The van der Waals surface area contributed by atoms with Gasteiger partial charge in [0.2, 0.25) is 5.91 Å². The van der Waals surface area contributed by atoms with Crippen molar-refractivity contribution in [2.75, 3.05) is 18.4 Å². The van der Waals surface area contributed by atoms with Crippen LogP contribution in [0.1, 0.15) is 22.8 Å². The summed E-state index contributed by atoms with van der Waals surface area (Å²) < 4.78 is 0. The first-order valence-electron chi connectivity index (χ1n) is 8.50. The Bertz CT molecular complexity index is 821. The highest BCUT2D eigenvalue weighted by atomic mass is 16.6. The molecular formula is C19H22N4O4. The molecule has 2 aromatic carbocycles. The molecule has 0 bridgehead atoms. The van der Waals surface area contributed by atoms with Crippen LogP contribution in [0.15, 0.2) is 48.5 Å². The fourth-order valence-corrected chi connectivity index (χ4v) is 2.38. The smallest absolute Gasteiger partial charge is 0.269 e. The average molecular weight is 370 g/mol. The zero-order chi connectivity index (χ0) is 19.8. The van der Waals surface area contributed by atoms with Gasteiger partial charge in [-0.1, -0.05) is 17.7 Å². The van der Waals surface area contributed by atoms with Crippen molar-refractivity contribution in [2.24, 2.45) is 0 Å². The van der Waals surface area contributed by atoms with Gasteiger partial charge in [-0.25, -0.2) is 0 Å². The second-order valence-corrected chi connectivity index (χ2v) is 6.09. The predicted molar refractivity (Wildman–Crippen MR) is 103 cm³/mol. The van der Waals surface area contributed by atoms with Crippen LogP contribution in [-0.2, 0) is 4.79 Å². The molecule has 2 aromatic rings. The van der Waals surface area contributed by atoms with Gasteiger partial charge in [-0.3, -0.25) is 19.7 Å². The summed E-state index contributed by atoms with van der Waals surface area (Å²) in [4.78, 5) is 34.4. The molecule has 0 saturated heterocycles. The molecule has 0 aliphatic rings. The molecule has 0 aliphatic carbocycles. The van der Waals surface area contributed by atoms with E-state index in [-0.39, 0.29) is 17.5 Å². The number of rotatable bonds is 8. The van der Waals surface area contributed by atoms with Crippen molar-refractivity contribution >= 4 is 23.2 Å². The summed E-state index contributed by atoms with van der Waals surface area (Å²) in [5.41, 5.74) is 2.22. The Morgan fingerprint density at radius 3 is 2.44 bits per heavy atom. The van der Waals surface area contributed by atoms with E-state index < -0.39 is 11.0 Å². The van der Waals surface area contributed by atoms with E-state index in [1.54, 1.807) is 37.3 Å². The number of non-ortho nitro benzene ring substituents is 1. The predicted octanol–water partition coefficient (Wildman–Crippen LogP) is 2.25. The van der Waals surface area contributed by atoms with Gasteiger partial charge in [0.15, 0.2) is 0 Å². The molecule has 142 valence electrons. The van der Waals surface area contributed by atoms with Crippen LogP contribution in [0.2, 0.25) is 0 Å². The molecular weight excluding hydrogens is 348 g/mol. The van der Waals surface area contributed by atoms with Crippen molar-refractivity contribution in [3.8, 4) is 0 Å². The van der Waals surface area contributed by atoms with E-state index in [0.29, 0.717) is 18.7 Å². The number of nitrogens with one attached hydrogen (secondary N) is 3. The monoisotopic (exact) mass is 370 g/mol. The summed E-state index contributed by atoms with van der Waals surface area (Å²) in [6, 6.07) is 12.5. The van der Waals surface area contributed by atoms with E-state index in [9.17, 15) is 19.7 Å². The van der Waals surface area contributed by atoms with Crippen molar-refractivity contribution in [3.05, 3.63) is 69.8 Å². The van der Waals surface area contributed by atoms with Gasteiger partial charge >= 0.3 is 0 Å². The first-order chi connectivity index (χ1) is 12.9. The van der Waals surface area contributed by atoms with E-state index >= 15 is 0 Å². The van der Waals surface area contributed by atoms with E-state index in [2.05, 4.69) is 16.0 Å². The van der Waals surface area contributed by atoms with Gasteiger partial charge in [-0.2, -0.15) is 0 Å². The first kappa shape index (κ1) is 19.9. The van der Waals surface area contributed by atoms with Gasteiger partial charge in [0.25, 0.3) is 11.6 Å². The molecule has 0 radical (unpaired) electrons. The molecule has 3 N–H and O–H groups in total. The van der Waals surface area contributed by atoms with Gasteiger partial charge in [0.05, 0.1) is 4.92 Å². The molecule has 1 atom stereocenters. The minimum absolute atomic E-state index is 0.0204. The van der Waals surface area contributed by atoms with E-state index in [1.165, 1.54) is 12.1 Å². The number of nitro groups is 1. The highest BCUT2D eigenvalue weighted by molar-refractivity contribution is 5.97. The highest BCUT2D eigenvalue weighted by Gasteiger charge is 2.16. The largest absolute Gasteiger partial charge is 0.383 e. The van der Waals surface area contributed by atoms with Crippen LogP contribution in [0.25, 0.3) is 0 Å². The third-order valence-corrected chi connectivity index (χ3v) is 3.85. The molecule has 0 fully saturated rings. The normalized spacial score (nSPS) is 11.3. The van der Waals surface area contributed by atoms with Crippen molar-refractivity contribution in [1.29, 1.82) is 0 Å². The van der Waals surface area contributed by atoms with Crippen LogP contribution >= 0.6 is 0 Å². The molecule has 8 nitrogen and oxygen atoms in total. The Hall–Kier alpha value is -3.42. The fourth-order valence-electron chi connectivity index (χ4n) is 2.38. The number of anilines is 1. The second-order valence-electron chi connectivity index (χ2n) is 6.09. The summed E-state index contributed by atoms with van der Waals surface area (Å²) in [6.07, 6.45) is 0. The zero-order valence-corrected chi connectivity index (χ0v) is 15.2. The summed E-state index contributed by atoms with van der Waals surface area (Å²) in [7, 11) is 0. The highest BCUT2D eigenvalue weighted by Crippen LogP contribution is 2.14. The number of carbonyl (C=O) groups excluding carboxylic acids is 2. The van der Waals surface area contributed by atoms with Crippen molar-refractivity contribution in [1.82, 2.24) is 10.6 Å². The molecule has 27 heavy (non-hydrogen) atoms. The topological polar surface area (TPSA) is 113 Å². The Balaban J connectivity index is 1.73. The average Bonchev–Trinajstić information content (AvgIpc) is 2.65. The second kappa shape index (κ2) is 9.33. The van der Waals surface area contributed by atoms with Crippen LogP contribution in [0, 0.1) is 17.0 Å². The lowest BCUT2D eigenvalue weighted by Gasteiger charge is -2.15. The number of aryl methyl sites for hydroxylation is 1. The van der Waals surface area contributed by atoms with E-state index in [0.717, 1.165) is 11.3 Å². The van der Waals surface area contributed by atoms with Crippen LogP contribution in [0.4, 0.5) is 11.4 Å². The Labute approximate surface area is 157 Å². The lowest BCUT2D eigenvalue weighted by atomic mass is 10.1. The third kappa shape index (κ3) is 6.10. The van der Waals surface area contributed by atoms with E-state index in [4.69, 9.17) is 0 Å². The SMILES string of the molecule is Cc1cccc(C(=O)NC(C)C(=O)NCCNc2ccc([N+](=O)[O-])cc2)c1. The molecule has 0 heterocycles. The Morgan fingerprint density at radius 2 is 1.81 bits per heavy atom. The fraction of sp³-hybridized carbons (Fsp3) is 0.263. The molecule has 0 aromatic heterocycles. The minimum atomic E-state index is -0.669. The lowest BCUT2D eigenvalue weighted by molar-refractivity contribution is -0.384. The molecule has 8 heteroatoms. The van der Waals surface area contributed by atoms with Crippen molar-refractivity contribution < 1.29 is 14.5 Å². The number of carbonyl (C=O) groups is 2. The third-order valence-electron chi connectivity index (χ3n) is 3.85. The number of nitro benzene ring substituents is 1. The standard InChI is InChI=1S/C19H22N4O4/c1-13-4-3-5-15(12-13)19(25)22-14(2)18(24)21-11-10-20-16-6-8-17(9-7-16)23(26)27/h3-9,12,14,20H,10-11H2,1-2H3,(H,21,24)(H,22,25). The molecule has 1 unspecified atom stereocenters. The summed E-state index contributed by atoms with van der Waals surface area (Å²) in [5, 5.41) is 19.0. The van der Waals surface area contributed by atoms with Crippen LogP contribution < -0.4 is 16.0 Å². The molecule has 2 amide bonds. The van der Waals surface area contributed by atoms with Gasteiger partial charge in [0, 0.05) is 36.5 Å². The van der Waals surface area contributed by atoms with Crippen molar-refractivity contribution in [2.45, 2.75) is 19.9 Å². The number of nitrogens with zero attached hydrogens (tertiary/aromatic N) is 1. The summed E-state index contributed by atoms with van der Waals surface area (Å²) in [5.74, 6) is -0.591. The van der Waals surface area contributed by atoms with Crippen molar-refractivity contribution in [3.63, 3.8) is 0 Å². The summed E-state index contributed by atoms with van der Waals surface area (Å²) in [6.45, 7) is 4.31. The quantitative estimate of drug-likeness (QED) is 0.375. The van der Waals surface area contributed by atoms with E-state index in [1.807, 2.05) is 13.0 Å². The van der Waals surface area contributed by atoms with Crippen LogP contribution in [-0.4, -0.2) is 35.9 Å². The first-order valence-corrected chi connectivity index (χ1v) is 8.50.